The van der Waals surface area contributed by atoms with Gasteiger partial charge in [0.1, 0.15) is 0 Å². The first-order chi connectivity index (χ1) is 7.86. The van der Waals surface area contributed by atoms with Crippen molar-refractivity contribution in [2.75, 3.05) is 6.61 Å². The summed E-state index contributed by atoms with van der Waals surface area (Å²) in [6, 6.07) is 9.48. The van der Waals surface area contributed by atoms with Gasteiger partial charge in [-0.3, -0.25) is 0 Å². The van der Waals surface area contributed by atoms with E-state index >= 15 is 0 Å². The summed E-state index contributed by atoms with van der Waals surface area (Å²) in [5.41, 5.74) is 1.70. The van der Waals surface area contributed by atoms with E-state index in [1.54, 1.807) is 17.1 Å². The van der Waals surface area contributed by atoms with Crippen LogP contribution < -0.4 is 0 Å². The van der Waals surface area contributed by atoms with E-state index in [-0.39, 0.29) is 19.3 Å². The third kappa shape index (κ3) is 1.98. The van der Waals surface area contributed by atoms with Gasteiger partial charge in [-0.15, -0.1) is 0 Å². The summed E-state index contributed by atoms with van der Waals surface area (Å²) in [5.74, 6) is 0. The van der Waals surface area contributed by atoms with E-state index < -0.39 is 0 Å². The van der Waals surface area contributed by atoms with Gasteiger partial charge in [0.15, 0.2) is 0 Å². The highest BCUT2D eigenvalue weighted by Gasteiger charge is 2.14. The Labute approximate surface area is 93.8 Å². The number of hydrogen-bond donors (Lipinski definition) is 2. The number of aliphatic hydroxyl groups is 2. The lowest BCUT2D eigenvalue weighted by Gasteiger charge is -2.18. The highest BCUT2D eigenvalue weighted by molar-refractivity contribution is 5.21. The molecule has 2 aromatic rings. The van der Waals surface area contributed by atoms with Crippen LogP contribution in [0, 0.1) is 0 Å². The summed E-state index contributed by atoms with van der Waals surface area (Å²) in [7, 11) is 0. The van der Waals surface area contributed by atoms with Crippen LogP contribution in [0.3, 0.4) is 0 Å². The van der Waals surface area contributed by atoms with Crippen LogP contribution in [0.5, 0.6) is 0 Å². The maximum atomic E-state index is 9.44. The quantitative estimate of drug-likeness (QED) is 0.803. The maximum absolute atomic E-state index is 9.44. The van der Waals surface area contributed by atoms with E-state index in [0.29, 0.717) is 5.69 Å². The predicted octanol–water partition coefficient (Wildman–Crippen LogP) is 0.957. The molecule has 16 heavy (non-hydrogen) atoms. The molecule has 1 atom stereocenters. The first-order valence-corrected chi connectivity index (χ1v) is 5.14. The Kier molecular flexibility index (Phi) is 3.34. The zero-order chi connectivity index (χ0) is 11.4. The molecule has 2 rings (SSSR count). The van der Waals surface area contributed by atoms with E-state index in [4.69, 9.17) is 5.11 Å². The lowest BCUT2D eigenvalue weighted by molar-refractivity contribution is 0.231. The summed E-state index contributed by atoms with van der Waals surface area (Å²) in [5, 5.41) is 18.6. The van der Waals surface area contributed by atoms with Crippen LogP contribution in [-0.4, -0.2) is 26.4 Å². The zero-order valence-corrected chi connectivity index (χ0v) is 8.82. The fraction of sp³-hybridized carbons (Fsp3) is 0.250. The molecule has 0 fully saturated rings. The third-order valence-electron chi connectivity index (χ3n) is 2.60. The number of hydrogen-bond acceptors (Lipinski definition) is 3. The molecule has 0 aliphatic rings. The molecule has 0 aliphatic heterocycles. The summed E-state index contributed by atoms with van der Waals surface area (Å²) >= 11 is 0. The van der Waals surface area contributed by atoms with Gasteiger partial charge in [0.2, 0.25) is 0 Å². The standard InChI is InChI=1S/C12H14N2O2/c15-7-11-6-13-9-14(11)12(8-16)10-4-2-1-3-5-10/h1-6,9,12,15-16H,7-8H2/t12-/m0/s1. The second kappa shape index (κ2) is 4.92. The highest BCUT2D eigenvalue weighted by Crippen LogP contribution is 2.19. The van der Waals surface area contributed by atoms with Crippen molar-refractivity contribution in [2.24, 2.45) is 0 Å². The van der Waals surface area contributed by atoms with Crippen molar-refractivity contribution >= 4 is 0 Å². The van der Waals surface area contributed by atoms with Crippen molar-refractivity contribution in [3.63, 3.8) is 0 Å². The van der Waals surface area contributed by atoms with Gasteiger partial charge < -0.3 is 14.8 Å². The lowest BCUT2D eigenvalue weighted by Crippen LogP contribution is -2.16. The Morgan fingerprint density at radius 3 is 2.56 bits per heavy atom. The molecule has 4 heteroatoms. The normalized spacial score (nSPS) is 12.6. The molecule has 0 amide bonds. The van der Waals surface area contributed by atoms with Crippen LogP contribution in [0.15, 0.2) is 42.9 Å². The topological polar surface area (TPSA) is 58.3 Å². The molecule has 4 nitrogen and oxygen atoms in total. The third-order valence-corrected chi connectivity index (χ3v) is 2.60. The second-order valence-corrected chi connectivity index (χ2v) is 3.56. The predicted molar refractivity (Wildman–Crippen MR) is 59.8 cm³/mol. The molecule has 2 N–H and O–H groups in total. The van der Waals surface area contributed by atoms with E-state index in [1.165, 1.54) is 0 Å². The van der Waals surface area contributed by atoms with E-state index in [0.717, 1.165) is 5.56 Å². The number of benzene rings is 1. The second-order valence-electron chi connectivity index (χ2n) is 3.56. The van der Waals surface area contributed by atoms with Gasteiger partial charge in [0.05, 0.1) is 37.5 Å². The Morgan fingerprint density at radius 1 is 1.19 bits per heavy atom. The molecule has 0 aliphatic carbocycles. The molecule has 1 aromatic heterocycles. The van der Waals surface area contributed by atoms with Crippen LogP contribution in [0.1, 0.15) is 17.3 Å². The van der Waals surface area contributed by atoms with E-state index in [1.807, 2.05) is 30.3 Å². The first-order valence-electron chi connectivity index (χ1n) is 5.14. The van der Waals surface area contributed by atoms with Gasteiger partial charge in [-0.25, -0.2) is 4.98 Å². The van der Waals surface area contributed by atoms with Gasteiger partial charge in [-0.05, 0) is 5.56 Å². The lowest BCUT2D eigenvalue weighted by atomic mass is 10.1. The van der Waals surface area contributed by atoms with Crippen molar-refractivity contribution in [3.05, 3.63) is 54.1 Å². The fourth-order valence-corrected chi connectivity index (χ4v) is 1.76. The molecule has 0 unspecified atom stereocenters. The number of aliphatic hydroxyl groups excluding tert-OH is 2. The molecule has 1 heterocycles. The minimum Gasteiger partial charge on any atom is -0.394 e. The van der Waals surface area contributed by atoms with Gasteiger partial charge in [0, 0.05) is 0 Å². The minimum atomic E-state index is -0.189. The molecule has 84 valence electrons. The molecule has 1 aromatic carbocycles. The van der Waals surface area contributed by atoms with Gasteiger partial charge >= 0.3 is 0 Å². The van der Waals surface area contributed by atoms with E-state index in [2.05, 4.69) is 4.98 Å². The number of aromatic nitrogens is 2. The largest absolute Gasteiger partial charge is 0.394 e. The summed E-state index contributed by atoms with van der Waals surface area (Å²) < 4.78 is 1.79. The Bertz CT molecular complexity index is 439. The van der Waals surface area contributed by atoms with Crippen molar-refractivity contribution in [3.8, 4) is 0 Å². The average molecular weight is 218 g/mol. The Balaban J connectivity index is 2.37. The molecule has 0 spiro atoms. The van der Waals surface area contributed by atoms with Crippen LogP contribution in [0.25, 0.3) is 0 Å². The van der Waals surface area contributed by atoms with Crippen LogP contribution >= 0.6 is 0 Å². The zero-order valence-electron chi connectivity index (χ0n) is 8.82. The summed E-state index contributed by atoms with van der Waals surface area (Å²) in [6.45, 7) is -0.100. The van der Waals surface area contributed by atoms with Crippen molar-refractivity contribution in [2.45, 2.75) is 12.6 Å². The summed E-state index contributed by atoms with van der Waals surface area (Å²) in [6.07, 6.45) is 3.23. The van der Waals surface area contributed by atoms with Gasteiger partial charge in [-0.2, -0.15) is 0 Å². The monoisotopic (exact) mass is 218 g/mol. The highest BCUT2D eigenvalue weighted by atomic mass is 16.3. The van der Waals surface area contributed by atoms with Crippen LogP contribution in [0.2, 0.25) is 0 Å². The van der Waals surface area contributed by atoms with Gasteiger partial charge in [-0.1, -0.05) is 30.3 Å². The molecule has 0 radical (unpaired) electrons. The Morgan fingerprint density at radius 2 is 1.94 bits per heavy atom. The average Bonchev–Trinajstić information content (AvgIpc) is 2.80. The van der Waals surface area contributed by atoms with Crippen molar-refractivity contribution in [1.82, 2.24) is 9.55 Å². The molecule has 0 saturated carbocycles. The summed E-state index contributed by atoms with van der Waals surface area (Å²) in [4.78, 5) is 3.98. The minimum absolute atomic E-state index is 0.0205. The Hall–Kier alpha value is -1.65. The van der Waals surface area contributed by atoms with Crippen LogP contribution in [-0.2, 0) is 6.61 Å². The number of imidazole rings is 1. The molecular formula is C12H14N2O2. The fourth-order valence-electron chi connectivity index (χ4n) is 1.76. The number of nitrogens with zero attached hydrogens (tertiary/aromatic N) is 2. The number of rotatable bonds is 4. The van der Waals surface area contributed by atoms with Crippen molar-refractivity contribution in [1.29, 1.82) is 0 Å². The SMILES string of the molecule is OCc1cncn1[C@@H](CO)c1ccccc1. The molecule has 0 bridgehead atoms. The first kappa shape index (κ1) is 10.9. The van der Waals surface area contributed by atoms with Crippen LogP contribution in [0.4, 0.5) is 0 Å². The maximum Gasteiger partial charge on any atom is 0.0955 e. The smallest absolute Gasteiger partial charge is 0.0955 e. The van der Waals surface area contributed by atoms with Gasteiger partial charge in [0.25, 0.3) is 0 Å². The van der Waals surface area contributed by atoms with E-state index in [9.17, 15) is 5.11 Å². The molecule has 0 saturated heterocycles. The molecular weight excluding hydrogens is 204 g/mol. The van der Waals surface area contributed by atoms with Crippen molar-refractivity contribution < 1.29 is 10.2 Å².